The molecule has 3 nitrogen and oxygen atoms in total. The third kappa shape index (κ3) is 4.79. The van der Waals surface area contributed by atoms with Crippen LogP contribution in [0.25, 0.3) is 77.6 Å². The summed E-state index contributed by atoms with van der Waals surface area (Å²) in [6.45, 7) is 0. The average molecular weight is 609 g/mol. The number of hydrogen-bond acceptors (Lipinski definition) is 4. The van der Waals surface area contributed by atoms with Crippen molar-refractivity contribution in [1.29, 1.82) is 0 Å². The second-order valence-electron chi connectivity index (χ2n) is 11.8. The smallest absolute Gasteiger partial charge is 0.135 e. The molecule has 4 heteroatoms. The number of furan rings is 1. The molecule has 5 aromatic carbocycles. The lowest BCUT2D eigenvalue weighted by Crippen LogP contribution is -1.92. The van der Waals surface area contributed by atoms with Gasteiger partial charge in [-0.2, -0.15) is 11.8 Å². The third-order valence-electron chi connectivity index (χ3n) is 8.99. The number of benzene rings is 5. The maximum absolute atomic E-state index is 6.09. The van der Waals surface area contributed by atoms with Crippen molar-refractivity contribution in [3.05, 3.63) is 157 Å². The number of pyridine rings is 2. The Morgan fingerprint density at radius 3 is 1.83 bits per heavy atom. The number of fused-ring (bicyclic) bond motifs is 6. The highest BCUT2D eigenvalue weighted by Crippen LogP contribution is 2.42. The molecule has 0 radical (unpaired) electrons. The first-order chi connectivity index (χ1) is 22.8. The first kappa shape index (κ1) is 26.9. The van der Waals surface area contributed by atoms with Crippen LogP contribution in [0.5, 0.6) is 0 Å². The predicted octanol–water partition coefficient (Wildman–Crippen LogP) is 11.5. The zero-order chi connectivity index (χ0) is 30.5. The van der Waals surface area contributed by atoms with E-state index in [1.807, 2.05) is 60.8 Å². The molecule has 4 heterocycles. The van der Waals surface area contributed by atoms with Crippen LogP contribution in [0.3, 0.4) is 0 Å². The highest BCUT2D eigenvalue weighted by atomic mass is 32.2. The van der Waals surface area contributed by atoms with Crippen molar-refractivity contribution in [3.8, 4) is 55.6 Å². The van der Waals surface area contributed by atoms with Crippen LogP contribution in [0, 0.1) is 0 Å². The van der Waals surface area contributed by atoms with Crippen LogP contribution in [0.4, 0.5) is 0 Å². The molecular formula is C42H28N2OS. The number of hydrogen-bond donors (Lipinski definition) is 0. The molecule has 0 bridgehead atoms. The molecule has 8 aromatic rings. The van der Waals surface area contributed by atoms with Crippen LogP contribution in [0.1, 0.15) is 11.1 Å². The lowest BCUT2D eigenvalue weighted by atomic mass is 9.89. The molecule has 3 aromatic heterocycles. The van der Waals surface area contributed by atoms with Gasteiger partial charge in [-0.3, -0.25) is 9.97 Å². The first-order valence-corrected chi connectivity index (χ1v) is 16.6. The zero-order valence-electron chi connectivity index (χ0n) is 25.0. The molecule has 1 aliphatic rings. The van der Waals surface area contributed by atoms with Crippen LogP contribution < -0.4 is 0 Å². The van der Waals surface area contributed by atoms with Gasteiger partial charge < -0.3 is 4.42 Å². The van der Waals surface area contributed by atoms with E-state index in [1.165, 1.54) is 44.5 Å². The van der Waals surface area contributed by atoms with E-state index < -0.39 is 0 Å². The fraction of sp³-hybridized carbons (Fsp3) is 0.0476. The monoisotopic (exact) mass is 608 g/mol. The van der Waals surface area contributed by atoms with Crippen molar-refractivity contribution in [2.45, 2.75) is 11.5 Å². The third-order valence-corrected chi connectivity index (χ3v) is 10.0. The maximum Gasteiger partial charge on any atom is 0.135 e. The van der Waals surface area contributed by atoms with Crippen molar-refractivity contribution in [2.24, 2.45) is 0 Å². The van der Waals surface area contributed by atoms with Crippen molar-refractivity contribution in [3.63, 3.8) is 0 Å². The van der Waals surface area contributed by atoms with Gasteiger partial charge in [-0.05, 0) is 116 Å². The quantitative estimate of drug-likeness (QED) is 0.199. The van der Waals surface area contributed by atoms with Crippen LogP contribution in [-0.2, 0) is 11.5 Å². The van der Waals surface area contributed by atoms with E-state index in [2.05, 4.69) is 107 Å². The van der Waals surface area contributed by atoms with Crippen LogP contribution >= 0.6 is 11.8 Å². The standard InChI is InChI=1S/C42H28N2OS/c1-2-8-41-38(7-1)40-22-28(12-14-42(40)45-41)27-11-13-37-36(17-27)26-46-25-32-10-9-29(21-39(32)37)33-18-34(30-5-3-15-43-23-30)20-35(19-33)31-6-4-16-44-24-31/h1-24H,25-26H2. The van der Waals surface area contributed by atoms with Gasteiger partial charge in [-0.25, -0.2) is 0 Å². The summed E-state index contributed by atoms with van der Waals surface area (Å²) in [4.78, 5) is 8.79. The van der Waals surface area contributed by atoms with Gasteiger partial charge in [-0.15, -0.1) is 0 Å². The number of thioether (sulfide) groups is 1. The molecule has 1 aliphatic heterocycles. The van der Waals surface area contributed by atoms with Crippen molar-refractivity contribution in [1.82, 2.24) is 9.97 Å². The topological polar surface area (TPSA) is 38.9 Å². The molecule has 0 saturated carbocycles. The molecule has 0 unspecified atom stereocenters. The Bertz CT molecular complexity index is 2340. The second-order valence-corrected chi connectivity index (χ2v) is 12.8. The van der Waals surface area contributed by atoms with E-state index in [-0.39, 0.29) is 0 Å². The Kier molecular flexibility index (Phi) is 6.53. The zero-order valence-corrected chi connectivity index (χ0v) is 25.8. The number of aromatic nitrogens is 2. The van der Waals surface area contributed by atoms with E-state index >= 15 is 0 Å². The molecule has 0 N–H and O–H groups in total. The molecular weight excluding hydrogens is 581 g/mol. The van der Waals surface area contributed by atoms with Crippen molar-refractivity contribution in [2.75, 3.05) is 0 Å². The van der Waals surface area contributed by atoms with Gasteiger partial charge in [0.1, 0.15) is 11.2 Å². The summed E-state index contributed by atoms with van der Waals surface area (Å²) in [6, 6.07) is 43.8. The average Bonchev–Trinajstić information content (AvgIpc) is 3.40. The molecule has 0 fully saturated rings. The van der Waals surface area contributed by atoms with E-state index in [9.17, 15) is 0 Å². The highest BCUT2D eigenvalue weighted by molar-refractivity contribution is 7.97. The van der Waals surface area contributed by atoms with Gasteiger partial charge in [-0.1, -0.05) is 60.7 Å². The van der Waals surface area contributed by atoms with E-state index in [4.69, 9.17) is 4.42 Å². The fourth-order valence-electron chi connectivity index (χ4n) is 6.66. The molecule has 0 saturated heterocycles. The lowest BCUT2D eigenvalue weighted by molar-refractivity contribution is 0.669. The number of rotatable bonds is 4. The van der Waals surface area contributed by atoms with Gasteiger partial charge in [0.15, 0.2) is 0 Å². The summed E-state index contributed by atoms with van der Waals surface area (Å²) in [5.74, 6) is 1.97. The first-order valence-electron chi connectivity index (χ1n) is 15.5. The Labute approximate surface area is 271 Å². The molecule has 0 amide bonds. The normalized spacial score (nSPS) is 12.5. The summed E-state index contributed by atoms with van der Waals surface area (Å²) in [6.07, 6.45) is 7.50. The van der Waals surface area contributed by atoms with Gasteiger partial charge in [0.25, 0.3) is 0 Å². The molecule has 0 spiro atoms. The van der Waals surface area contributed by atoms with Crippen molar-refractivity contribution < 1.29 is 4.42 Å². The Hall–Kier alpha value is -5.45. The molecule has 46 heavy (non-hydrogen) atoms. The van der Waals surface area contributed by atoms with Crippen LogP contribution in [-0.4, -0.2) is 9.97 Å². The van der Waals surface area contributed by atoms with E-state index in [0.717, 1.165) is 55.7 Å². The minimum Gasteiger partial charge on any atom is -0.456 e. The Morgan fingerprint density at radius 2 is 1.07 bits per heavy atom. The highest BCUT2D eigenvalue weighted by Gasteiger charge is 2.18. The molecule has 0 aliphatic carbocycles. The summed E-state index contributed by atoms with van der Waals surface area (Å²) in [7, 11) is 0. The fourth-order valence-corrected chi connectivity index (χ4v) is 7.69. The largest absolute Gasteiger partial charge is 0.456 e. The Balaban J connectivity index is 1.14. The van der Waals surface area contributed by atoms with Crippen LogP contribution in [0.15, 0.2) is 151 Å². The molecule has 0 atom stereocenters. The Morgan fingerprint density at radius 1 is 0.435 bits per heavy atom. The van der Waals surface area contributed by atoms with E-state index in [0.29, 0.717) is 0 Å². The number of nitrogens with zero attached hydrogens (tertiary/aromatic N) is 2. The minimum absolute atomic E-state index is 0.927. The van der Waals surface area contributed by atoms with Crippen molar-refractivity contribution >= 4 is 33.7 Å². The summed E-state index contributed by atoms with van der Waals surface area (Å²) in [5.41, 5.74) is 16.5. The second kappa shape index (κ2) is 11.2. The van der Waals surface area contributed by atoms with Gasteiger partial charge in [0.05, 0.1) is 0 Å². The van der Waals surface area contributed by atoms with Gasteiger partial charge in [0.2, 0.25) is 0 Å². The lowest BCUT2D eigenvalue weighted by Gasteiger charge is -2.15. The van der Waals surface area contributed by atoms with Crippen LogP contribution in [0.2, 0.25) is 0 Å². The van der Waals surface area contributed by atoms with Gasteiger partial charge in [0, 0.05) is 58.2 Å². The van der Waals surface area contributed by atoms with Gasteiger partial charge >= 0.3 is 0 Å². The summed E-state index contributed by atoms with van der Waals surface area (Å²) in [5, 5.41) is 2.32. The summed E-state index contributed by atoms with van der Waals surface area (Å²) < 4.78 is 6.09. The van der Waals surface area contributed by atoms with E-state index in [1.54, 1.807) is 0 Å². The predicted molar refractivity (Wildman–Crippen MR) is 191 cm³/mol. The minimum atomic E-state index is 0.927. The molecule has 9 rings (SSSR count). The SMILES string of the molecule is c1cncc(-c2cc(-c3cccnc3)cc(-c3ccc4c(c3)-c3ccc(-c5ccc6oc7ccccc7c6c5)cc3CSC4)c2)c1. The summed E-state index contributed by atoms with van der Waals surface area (Å²) >= 11 is 1.98. The molecule has 218 valence electrons. The number of para-hydroxylation sites is 1. The maximum atomic E-state index is 6.09.